The zero-order chi connectivity index (χ0) is 10.1. The van der Waals surface area contributed by atoms with Crippen LogP contribution >= 0.6 is 0 Å². The summed E-state index contributed by atoms with van der Waals surface area (Å²) in [4.78, 5) is 0. The van der Waals surface area contributed by atoms with Crippen LogP contribution in [-0.2, 0) is 6.42 Å². The fourth-order valence-corrected chi connectivity index (χ4v) is 2.03. The molecule has 2 heteroatoms. The minimum atomic E-state index is 0.356. The summed E-state index contributed by atoms with van der Waals surface area (Å²) in [6, 6.07) is 12.1. The smallest absolute Gasteiger partial charge is 0.122 e. The van der Waals surface area contributed by atoms with Crippen molar-refractivity contribution in [2.24, 2.45) is 0 Å². The molecule has 2 aromatic rings. The lowest BCUT2D eigenvalue weighted by molar-refractivity contribution is 0.245. The Balaban J connectivity index is 1.89. The number of hydrogen-bond acceptors (Lipinski definition) is 2. The Labute approximate surface area is 88.5 Å². The van der Waals surface area contributed by atoms with Crippen molar-refractivity contribution in [3.8, 4) is 5.75 Å². The van der Waals surface area contributed by atoms with Crippen molar-refractivity contribution in [2.75, 3.05) is 6.61 Å². The Morgan fingerprint density at radius 3 is 2.87 bits per heavy atom. The summed E-state index contributed by atoms with van der Waals surface area (Å²) < 4.78 is 11.1. The number of para-hydroxylation sites is 1. The molecule has 2 nitrogen and oxygen atoms in total. The second kappa shape index (κ2) is 3.46. The molecule has 0 saturated heterocycles. The number of furan rings is 1. The van der Waals surface area contributed by atoms with Crippen molar-refractivity contribution in [1.29, 1.82) is 0 Å². The van der Waals surface area contributed by atoms with Gasteiger partial charge >= 0.3 is 0 Å². The summed E-state index contributed by atoms with van der Waals surface area (Å²) in [5.74, 6) is 2.39. The van der Waals surface area contributed by atoms with Gasteiger partial charge in [0, 0.05) is 0 Å². The molecule has 0 unspecified atom stereocenters. The van der Waals surface area contributed by atoms with Gasteiger partial charge in [-0.25, -0.2) is 0 Å². The standard InChI is InChI=1S/C13H12O2/c1-2-5-12-10(4-1)8-11(9-15-12)13-6-3-7-14-13/h1-7,11H,8-9H2/t11-/m1/s1. The van der Waals surface area contributed by atoms with Crippen LogP contribution < -0.4 is 4.74 Å². The molecule has 1 aromatic heterocycles. The van der Waals surface area contributed by atoms with Gasteiger partial charge in [-0.3, -0.25) is 0 Å². The van der Waals surface area contributed by atoms with Crippen molar-refractivity contribution < 1.29 is 9.15 Å². The van der Waals surface area contributed by atoms with E-state index in [2.05, 4.69) is 6.07 Å². The Hall–Kier alpha value is -1.70. The Morgan fingerprint density at radius 1 is 1.07 bits per heavy atom. The van der Waals surface area contributed by atoms with E-state index in [1.807, 2.05) is 30.3 Å². The van der Waals surface area contributed by atoms with E-state index in [4.69, 9.17) is 9.15 Å². The average molecular weight is 200 g/mol. The van der Waals surface area contributed by atoms with Crippen molar-refractivity contribution in [3.63, 3.8) is 0 Å². The van der Waals surface area contributed by atoms with Gasteiger partial charge in [0.15, 0.2) is 0 Å². The Morgan fingerprint density at radius 2 is 2.00 bits per heavy atom. The third-order valence-corrected chi connectivity index (χ3v) is 2.82. The molecule has 1 aliphatic heterocycles. The lowest BCUT2D eigenvalue weighted by atomic mass is 9.95. The number of ether oxygens (including phenoxy) is 1. The summed E-state index contributed by atoms with van der Waals surface area (Å²) in [6.07, 6.45) is 2.72. The van der Waals surface area contributed by atoms with Crippen LogP contribution in [0.1, 0.15) is 17.2 Å². The maximum atomic E-state index is 5.70. The second-order valence-electron chi connectivity index (χ2n) is 3.84. The molecule has 3 rings (SSSR count). The van der Waals surface area contributed by atoms with Gasteiger partial charge in [-0.2, -0.15) is 0 Å². The molecule has 0 spiro atoms. The van der Waals surface area contributed by atoms with Gasteiger partial charge < -0.3 is 9.15 Å². The molecule has 0 N–H and O–H groups in total. The zero-order valence-corrected chi connectivity index (χ0v) is 8.35. The molecule has 1 aliphatic rings. The molecule has 0 saturated carbocycles. The van der Waals surface area contributed by atoms with Gasteiger partial charge in [-0.1, -0.05) is 18.2 Å². The van der Waals surface area contributed by atoms with Crippen molar-refractivity contribution in [3.05, 3.63) is 54.0 Å². The van der Waals surface area contributed by atoms with E-state index in [0.717, 1.165) is 17.9 Å². The molecule has 0 radical (unpaired) electrons. The lowest BCUT2D eigenvalue weighted by Gasteiger charge is -2.23. The molecule has 0 amide bonds. The molecular weight excluding hydrogens is 188 g/mol. The number of fused-ring (bicyclic) bond motifs is 1. The van der Waals surface area contributed by atoms with Crippen LogP contribution in [0.5, 0.6) is 5.75 Å². The zero-order valence-electron chi connectivity index (χ0n) is 8.35. The highest BCUT2D eigenvalue weighted by atomic mass is 16.5. The molecule has 2 heterocycles. The van der Waals surface area contributed by atoms with Crippen LogP contribution in [0, 0.1) is 0 Å². The molecule has 1 aromatic carbocycles. The van der Waals surface area contributed by atoms with Crippen LogP contribution in [0.15, 0.2) is 47.1 Å². The normalized spacial score (nSPS) is 19.3. The highest BCUT2D eigenvalue weighted by Gasteiger charge is 2.22. The number of rotatable bonds is 1. The maximum Gasteiger partial charge on any atom is 0.122 e. The van der Waals surface area contributed by atoms with E-state index in [1.54, 1.807) is 6.26 Å². The van der Waals surface area contributed by atoms with Crippen LogP contribution in [0.3, 0.4) is 0 Å². The van der Waals surface area contributed by atoms with Gasteiger partial charge in [0.1, 0.15) is 11.5 Å². The third kappa shape index (κ3) is 1.52. The van der Waals surface area contributed by atoms with Gasteiger partial charge in [0.2, 0.25) is 0 Å². The summed E-state index contributed by atoms with van der Waals surface area (Å²) in [5, 5.41) is 0. The molecule has 1 atom stereocenters. The first-order chi connectivity index (χ1) is 7.43. The van der Waals surface area contributed by atoms with Crippen LogP contribution in [0.25, 0.3) is 0 Å². The van der Waals surface area contributed by atoms with Gasteiger partial charge in [0.25, 0.3) is 0 Å². The monoisotopic (exact) mass is 200 g/mol. The summed E-state index contributed by atoms with van der Waals surface area (Å²) in [5.41, 5.74) is 1.27. The Bertz CT molecular complexity index is 445. The average Bonchev–Trinajstić information content (AvgIpc) is 2.82. The van der Waals surface area contributed by atoms with Crippen molar-refractivity contribution in [1.82, 2.24) is 0 Å². The van der Waals surface area contributed by atoms with Gasteiger partial charge in [-0.15, -0.1) is 0 Å². The van der Waals surface area contributed by atoms with Gasteiger partial charge in [0.05, 0.1) is 18.8 Å². The van der Waals surface area contributed by atoms with E-state index >= 15 is 0 Å². The van der Waals surface area contributed by atoms with Crippen LogP contribution in [-0.4, -0.2) is 6.61 Å². The van der Waals surface area contributed by atoms with E-state index in [-0.39, 0.29) is 0 Å². The minimum Gasteiger partial charge on any atom is -0.493 e. The molecule has 0 aliphatic carbocycles. The first-order valence-corrected chi connectivity index (χ1v) is 5.17. The lowest BCUT2D eigenvalue weighted by Crippen LogP contribution is -2.18. The minimum absolute atomic E-state index is 0.356. The molecule has 76 valence electrons. The first-order valence-electron chi connectivity index (χ1n) is 5.17. The summed E-state index contributed by atoms with van der Waals surface area (Å²) in [6.45, 7) is 0.713. The van der Waals surface area contributed by atoms with Crippen LogP contribution in [0.2, 0.25) is 0 Å². The number of benzene rings is 1. The third-order valence-electron chi connectivity index (χ3n) is 2.82. The fourth-order valence-electron chi connectivity index (χ4n) is 2.03. The predicted molar refractivity (Wildman–Crippen MR) is 57.1 cm³/mol. The number of hydrogen-bond donors (Lipinski definition) is 0. The largest absolute Gasteiger partial charge is 0.493 e. The molecule has 15 heavy (non-hydrogen) atoms. The van der Waals surface area contributed by atoms with E-state index in [9.17, 15) is 0 Å². The fraction of sp³-hybridized carbons (Fsp3) is 0.231. The Kier molecular flexibility index (Phi) is 1.98. The van der Waals surface area contributed by atoms with Crippen LogP contribution in [0.4, 0.5) is 0 Å². The summed E-state index contributed by atoms with van der Waals surface area (Å²) in [7, 11) is 0. The highest BCUT2D eigenvalue weighted by molar-refractivity contribution is 5.36. The van der Waals surface area contributed by atoms with E-state index in [1.165, 1.54) is 5.56 Å². The van der Waals surface area contributed by atoms with E-state index < -0.39 is 0 Å². The highest BCUT2D eigenvalue weighted by Crippen LogP contribution is 2.32. The van der Waals surface area contributed by atoms with Gasteiger partial charge in [-0.05, 0) is 30.2 Å². The second-order valence-corrected chi connectivity index (χ2v) is 3.84. The first kappa shape index (κ1) is 8.60. The maximum absolute atomic E-state index is 5.70. The quantitative estimate of drug-likeness (QED) is 0.706. The molecular formula is C13H12O2. The van der Waals surface area contributed by atoms with Crippen molar-refractivity contribution in [2.45, 2.75) is 12.3 Å². The molecule has 0 bridgehead atoms. The molecule has 0 fully saturated rings. The van der Waals surface area contributed by atoms with E-state index in [0.29, 0.717) is 12.5 Å². The predicted octanol–water partition coefficient (Wildman–Crippen LogP) is 3.00. The topological polar surface area (TPSA) is 22.4 Å². The SMILES string of the molecule is c1coc([C@H]2COc3ccccc3C2)c1. The van der Waals surface area contributed by atoms with Crippen molar-refractivity contribution >= 4 is 0 Å². The summed E-state index contributed by atoms with van der Waals surface area (Å²) >= 11 is 0.